The molecule has 15 heavy (non-hydrogen) atoms. The monoisotopic (exact) mass is 225 g/mol. The van der Waals surface area contributed by atoms with Crippen LogP contribution in [0.15, 0.2) is 18.2 Å². The SMILES string of the molecule is NC(C(=O)O)C1CCc2ccc(Cl)cc21. The van der Waals surface area contributed by atoms with Gasteiger partial charge in [0.2, 0.25) is 0 Å². The molecule has 1 aliphatic rings. The van der Waals surface area contributed by atoms with Gasteiger partial charge in [-0.15, -0.1) is 0 Å². The molecule has 0 amide bonds. The first-order chi connectivity index (χ1) is 7.09. The first-order valence-corrected chi connectivity index (χ1v) is 5.24. The van der Waals surface area contributed by atoms with Gasteiger partial charge in [-0.1, -0.05) is 17.7 Å². The van der Waals surface area contributed by atoms with E-state index in [2.05, 4.69) is 0 Å². The van der Waals surface area contributed by atoms with E-state index < -0.39 is 12.0 Å². The van der Waals surface area contributed by atoms with Crippen molar-refractivity contribution in [2.24, 2.45) is 5.73 Å². The van der Waals surface area contributed by atoms with E-state index in [9.17, 15) is 4.79 Å². The summed E-state index contributed by atoms with van der Waals surface area (Å²) in [7, 11) is 0. The van der Waals surface area contributed by atoms with Crippen molar-refractivity contribution in [1.29, 1.82) is 0 Å². The van der Waals surface area contributed by atoms with Crippen LogP contribution in [0.25, 0.3) is 0 Å². The third-order valence-electron chi connectivity index (χ3n) is 2.95. The maximum atomic E-state index is 10.8. The van der Waals surface area contributed by atoms with Gasteiger partial charge >= 0.3 is 5.97 Å². The van der Waals surface area contributed by atoms with Crippen molar-refractivity contribution in [3.8, 4) is 0 Å². The zero-order chi connectivity index (χ0) is 11.0. The lowest BCUT2D eigenvalue weighted by Crippen LogP contribution is -2.35. The Morgan fingerprint density at radius 3 is 3.00 bits per heavy atom. The topological polar surface area (TPSA) is 63.3 Å². The Morgan fingerprint density at radius 2 is 2.33 bits per heavy atom. The van der Waals surface area contributed by atoms with E-state index in [1.807, 2.05) is 18.2 Å². The van der Waals surface area contributed by atoms with Crippen LogP contribution < -0.4 is 5.73 Å². The van der Waals surface area contributed by atoms with Crippen molar-refractivity contribution in [1.82, 2.24) is 0 Å². The average Bonchev–Trinajstić information content (AvgIpc) is 2.59. The van der Waals surface area contributed by atoms with Crippen LogP contribution in [0.5, 0.6) is 0 Å². The van der Waals surface area contributed by atoms with Crippen LogP contribution in [0.2, 0.25) is 5.02 Å². The van der Waals surface area contributed by atoms with Gasteiger partial charge in [-0.3, -0.25) is 4.79 Å². The molecule has 0 radical (unpaired) electrons. The zero-order valence-electron chi connectivity index (χ0n) is 8.11. The second kappa shape index (κ2) is 3.83. The first kappa shape index (κ1) is 10.5. The number of hydrogen-bond acceptors (Lipinski definition) is 2. The molecule has 0 aromatic heterocycles. The maximum absolute atomic E-state index is 10.8. The van der Waals surface area contributed by atoms with Gasteiger partial charge < -0.3 is 10.8 Å². The summed E-state index contributed by atoms with van der Waals surface area (Å²) in [6.07, 6.45) is 1.68. The molecule has 0 saturated carbocycles. The van der Waals surface area contributed by atoms with E-state index in [1.165, 1.54) is 5.56 Å². The Labute approximate surface area is 92.8 Å². The highest BCUT2D eigenvalue weighted by molar-refractivity contribution is 6.30. The Hall–Kier alpha value is -1.06. The number of carbonyl (C=O) groups is 1. The molecule has 0 spiro atoms. The van der Waals surface area contributed by atoms with Crippen LogP contribution in [0.1, 0.15) is 23.5 Å². The number of hydrogen-bond donors (Lipinski definition) is 2. The third kappa shape index (κ3) is 1.85. The molecule has 2 unspecified atom stereocenters. The molecule has 2 atom stereocenters. The van der Waals surface area contributed by atoms with Gasteiger partial charge in [0, 0.05) is 10.9 Å². The lowest BCUT2D eigenvalue weighted by molar-refractivity contribution is -0.139. The second-order valence-electron chi connectivity index (χ2n) is 3.85. The lowest BCUT2D eigenvalue weighted by atomic mass is 9.94. The van der Waals surface area contributed by atoms with Crippen LogP contribution in [0.3, 0.4) is 0 Å². The molecular formula is C11H12ClNO2. The van der Waals surface area contributed by atoms with Gasteiger partial charge in [0.05, 0.1) is 0 Å². The highest BCUT2D eigenvalue weighted by atomic mass is 35.5. The summed E-state index contributed by atoms with van der Waals surface area (Å²) in [5, 5.41) is 9.52. The minimum Gasteiger partial charge on any atom is -0.480 e. The first-order valence-electron chi connectivity index (χ1n) is 4.86. The van der Waals surface area contributed by atoms with Crippen LogP contribution >= 0.6 is 11.6 Å². The minimum absolute atomic E-state index is 0.101. The molecule has 3 N–H and O–H groups in total. The lowest BCUT2D eigenvalue weighted by Gasteiger charge is -2.16. The standard InChI is InChI=1S/C11H12ClNO2/c12-7-3-1-6-2-4-8(9(6)5-7)10(13)11(14)15/h1,3,5,8,10H,2,4,13H2,(H,14,15). The number of carboxylic acid groups (broad SMARTS) is 1. The Kier molecular flexibility index (Phi) is 2.67. The average molecular weight is 226 g/mol. The van der Waals surface area contributed by atoms with E-state index in [0.29, 0.717) is 5.02 Å². The van der Waals surface area contributed by atoms with Gasteiger partial charge in [-0.05, 0) is 36.1 Å². The molecule has 80 valence electrons. The molecule has 2 rings (SSSR count). The fourth-order valence-corrected chi connectivity index (χ4v) is 2.33. The van der Waals surface area contributed by atoms with Gasteiger partial charge in [-0.2, -0.15) is 0 Å². The van der Waals surface area contributed by atoms with E-state index in [0.717, 1.165) is 18.4 Å². The quantitative estimate of drug-likeness (QED) is 0.807. The molecule has 3 nitrogen and oxygen atoms in total. The number of carboxylic acids is 1. The second-order valence-corrected chi connectivity index (χ2v) is 4.29. The number of nitrogens with two attached hydrogens (primary N) is 1. The zero-order valence-corrected chi connectivity index (χ0v) is 8.87. The molecule has 1 aromatic carbocycles. The molecule has 0 heterocycles. The summed E-state index contributed by atoms with van der Waals surface area (Å²) in [5.74, 6) is -1.05. The summed E-state index contributed by atoms with van der Waals surface area (Å²) < 4.78 is 0. The van der Waals surface area contributed by atoms with Gasteiger partial charge in [-0.25, -0.2) is 0 Å². The highest BCUT2D eigenvalue weighted by Gasteiger charge is 2.31. The van der Waals surface area contributed by atoms with Crippen molar-refractivity contribution in [3.63, 3.8) is 0 Å². The van der Waals surface area contributed by atoms with Crippen LogP contribution in [0, 0.1) is 0 Å². The molecular weight excluding hydrogens is 214 g/mol. The predicted octanol–water partition coefficient (Wildman–Crippen LogP) is 1.78. The Morgan fingerprint density at radius 1 is 1.60 bits per heavy atom. The van der Waals surface area contributed by atoms with Crippen LogP contribution in [-0.2, 0) is 11.2 Å². The van der Waals surface area contributed by atoms with Crippen molar-refractivity contribution in [2.75, 3.05) is 0 Å². The number of rotatable bonds is 2. The largest absolute Gasteiger partial charge is 0.480 e. The third-order valence-corrected chi connectivity index (χ3v) is 3.19. The summed E-state index contributed by atoms with van der Waals surface area (Å²) in [5.41, 5.74) is 7.81. The van der Waals surface area contributed by atoms with Crippen molar-refractivity contribution in [2.45, 2.75) is 24.8 Å². The van der Waals surface area contributed by atoms with E-state index >= 15 is 0 Å². The maximum Gasteiger partial charge on any atom is 0.321 e. The van der Waals surface area contributed by atoms with Crippen molar-refractivity contribution in [3.05, 3.63) is 34.3 Å². The van der Waals surface area contributed by atoms with Gasteiger partial charge in [0.1, 0.15) is 6.04 Å². The predicted molar refractivity (Wildman–Crippen MR) is 58.1 cm³/mol. The molecule has 0 aliphatic heterocycles. The van der Waals surface area contributed by atoms with Crippen LogP contribution in [0.4, 0.5) is 0 Å². The molecule has 1 aromatic rings. The molecule has 1 aliphatic carbocycles. The smallest absolute Gasteiger partial charge is 0.321 e. The van der Waals surface area contributed by atoms with Crippen LogP contribution in [-0.4, -0.2) is 17.1 Å². The summed E-state index contributed by atoms with van der Waals surface area (Å²) in [6, 6.07) is 4.78. The Balaban J connectivity index is 2.35. The van der Waals surface area contributed by atoms with E-state index in [1.54, 1.807) is 0 Å². The van der Waals surface area contributed by atoms with Gasteiger partial charge in [0.15, 0.2) is 0 Å². The van der Waals surface area contributed by atoms with Crippen molar-refractivity contribution >= 4 is 17.6 Å². The summed E-state index contributed by atoms with van der Waals surface area (Å²) in [6.45, 7) is 0. The fourth-order valence-electron chi connectivity index (χ4n) is 2.15. The summed E-state index contributed by atoms with van der Waals surface area (Å²) in [4.78, 5) is 10.8. The normalized spacial score (nSPS) is 21.1. The minimum atomic E-state index is -0.951. The van der Waals surface area contributed by atoms with E-state index in [-0.39, 0.29) is 5.92 Å². The molecule has 0 fully saturated rings. The number of aryl methyl sites for hydroxylation is 1. The van der Waals surface area contributed by atoms with Gasteiger partial charge in [0.25, 0.3) is 0 Å². The number of halogens is 1. The summed E-state index contributed by atoms with van der Waals surface area (Å²) >= 11 is 5.88. The number of aliphatic carboxylic acids is 1. The number of benzene rings is 1. The Bertz CT molecular complexity index is 406. The van der Waals surface area contributed by atoms with Crippen molar-refractivity contribution < 1.29 is 9.90 Å². The number of fused-ring (bicyclic) bond motifs is 1. The fraction of sp³-hybridized carbons (Fsp3) is 0.364. The highest BCUT2D eigenvalue weighted by Crippen LogP contribution is 2.36. The molecule has 0 saturated heterocycles. The molecule has 4 heteroatoms. The molecule has 0 bridgehead atoms. The van der Waals surface area contributed by atoms with E-state index in [4.69, 9.17) is 22.4 Å².